The van der Waals surface area contributed by atoms with Gasteiger partial charge in [-0.2, -0.15) is 0 Å². The Morgan fingerprint density at radius 2 is 1.78 bits per heavy atom. The SMILES string of the molecule is C=C/C=C\C=C\NC(=C)/C(=C\C=C\C(=O)OC(C)(C)C)NC1CCCCC1. The molecule has 0 amide bonds. The Kier molecular flexibility index (Phi) is 10.0. The Balaban J connectivity index is 2.77. The van der Waals surface area contributed by atoms with Gasteiger partial charge >= 0.3 is 5.97 Å². The Morgan fingerprint density at radius 3 is 2.41 bits per heavy atom. The quantitative estimate of drug-likeness (QED) is 0.339. The van der Waals surface area contributed by atoms with Gasteiger partial charge in [0.1, 0.15) is 5.60 Å². The lowest BCUT2D eigenvalue weighted by Gasteiger charge is -2.26. The first-order valence-corrected chi connectivity index (χ1v) is 9.60. The number of rotatable bonds is 9. The van der Waals surface area contributed by atoms with E-state index in [1.54, 1.807) is 12.2 Å². The van der Waals surface area contributed by atoms with Crippen molar-refractivity contribution in [2.24, 2.45) is 0 Å². The Labute approximate surface area is 164 Å². The molecule has 0 aromatic rings. The van der Waals surface area contributed by atoms with E-state index in [1.165, 1.54) is 25.3 Å². The van der Waals surface area contributed by atoms with Crippen LogP contribution in [0.15, 0.2) is 73.3 Å². The molecule has 0 saturated heterocycles. The lowest BCUT2D eigenvalue weighted by atomic mass is 9.95. The number of esters is 1. The number of hydrogen-bond donors (Lipinski definition) is 2. The number of ether oxygens (including phenoxy) is 1. The van der Waals surface area contributed by atoms with Crippen molar-refractivity contribution in [1.82, 2.24) is 10.6 Å². The summed E-state index contributed by atoms with van der Waals surface area (Å²) in [6.45, 7) is 13.3. The highest BCUT2D eigenvalue weighted by Gasteiger charge is 2.15. The number of carbonyl (C=O) groups excluding carboxylic acids is 1. The van der Waals surface area contributed by atoms with E-state index >= 15 is 0 Å². The lowest BCUT2D eigenvalue weighted by molar-refractivity contribution is -0.148. The molecule has 1 saturated carbocycles. The van der Waals surface area contributed by atoms with Crippen molar-refractivity contribution in [2.75, 3.05) is 0 Å². The molecule has 0 spiro atoms. The molecule has 2 N–H and O–H groups in total. The predicted molar refractivity (Wildman–Crippen MR) is 114 cm³/mol. The Bertz CT molecular complexity index is 613. The maximum Gasteiger partial charge on any atom is 0.331 e. The topological polar surface area (TPSA) is 50.4 Å². The van der Waals surface area contributed by atoms with Crippen molar-refractivity contribution in [2.45, 2.75) is 64.5 Å². The van der Waals surface area contributed by atoms with Gasteiger partial charge in [0, 0.05) is 18.3 Å². The fourth-order valence-electron chi connectivity index (χ4n) is 2.69. The van der Waals surface area contributed by atoms with Gasteiger partial charge in [0.05, 0.1) is 11.4 Å². The van der Waals surface area contributed by atoms with Gasteiger partial charge in [0.25, 0.3) is 0 Å². The van der Waals surface area contributed by atoms with Crippen LogP contribution in [0.25, 0.3) is 0 Å². The van der Waals surface area contributed by atoms with Gasteiger partial charge in [-0.15, -0.1) is 0 Å². The molecule has 1 fully saturated rings. The zero-order valence-corrected chi connectivity index (χ0v) is 17.0. The molecule has 1 aliphatic carbocycles. The van der Waals surface area contributed by atoms with Gasteiger partial charge in [-0.25, -0.2) is 4.79 Å². The standard InChI is InChI=1S/C23H34N2O2/c1-6-7-8-12-18-24-19(2)21(25-20-14-10-9-11-15-20)16-13-17-22(26)27-23(3,4)5/h6-8,12-13,16-18,20,24-25H,1-2,9-11,14-15H2,3-5H3/b8-7-,17-13+,18-12+,21-16+. The van der Waals surface area contributed by atoms with Gasteiger partial charge in [0.15, 0.2) is 0 Å². The largest absolute Gasteiger partial charge is 0.457 e. The summed E-state index contributed by atoms with van der Waals surface area (Å²) in [6, 6.07) is 0.433. The normalized spacial score (nSPS) is 16.8. The Morgan fingerprint density at radius 1 is 1.07 bits per heavy atom. The van der Waals surface area contributed by atoms with Crippen LogP contribution < -0.4 is 10.6 Å². The summed E-state index contributed by atoms with van der Waals surface area (Å²) in [7, 11) is 0. The van der Waals surface area contributed by atoms with Crippen molar-refractivity contribution in [1.29, 1.82) is 0 Å². The molecule has 1 aliphatic rings. The van der Waals surface area contributed by atoms with Gasteiger partial charge in [-0.3, -0.25) is 0 Å². The molecule has 148 valence electrons. The summed E-state index contributed by atoms with van der Waals surface area (Å²) < 4.78 is 5.29. The van der Waals surface area contributed by atoms with Crippen LogP contribution in [0, 0.1) is 0 Å². The third-order valence-electron chi connectivity index (χ3n) is 3.90. The average molecular weight is 371 g/mol. The van der Waals surface area contributed by atoms with Crippen LogP contribution in [-0.4, -0.2) is 17.6 Å². The summed E-state index contributed by atoms with van der Waals surface area (Å²) >= 11 is 0. The van der Waals surface area contributed by atoms with E-state index in [2.05, 4.69) is 23.8 Å². The van der Waals surface area contributed by atoms with Crippen molar-refractivity contribution >= 4 is 5.97 Å². The van der Waals surface area contributed by atoms with Crippen LogP contribution in [0.5, 0.6) is 0 Å². The van der Waals surface area contributed by atoms with Crippen LogP contribution >= 0.6 is 0 Å². The third-order valence-corrected chi connectivity index (χ3v) is 3.90. The summed E-state index contributed by atoms with van der Waals surface area (Å²) in [5.74, 6) is -0.358. The number of hydrogen-bond acceptors (Lipinski definition) is 4. The number of nitrogens with one attached hydrogen (secondary N) is 2. The molecule has 4 heteroatoms. The molecular formula is C23H34N2O2. The second-order valence-electron chi connectivity index (χ2n) is 7.55. The number of allylic oxidation sites excluding steroid dienone is 6. The molecule has 27 heavy (non-hydrogen) atoms. The van der Waals surface area contributed by atoms with E-state index in [4.69, 9.17) is 4.74 Å². The van der Waals surface area contributed by atoms with E-state index in [1.807, 2.05) is 51.3 Å². The molecule has 0 aromatic carbocycles. The first-order chi connectivity index (χ1) is 12.8. The molecule has 0 heterocycles. The van der Waals surface area contributed by atoms with E-state index in [9.17, 15) is 4.79 Å². The zero-order valence-electron chi connectivity index (χ0n) is 17.0. The predicted octanol–water partition coefficient (Wildman–Crippen LogP) is 5.05. The van der Waals surface area contributed by atoms with Crippen LogP contribution in [0.2, 0.25) is 0 Å². The molecule has 0 aliphatic heterocycles. The van der Waals surface area contributed by atoms with Crippen molar-refractivity contribution < 1.29 is 9.53 Å². The monoisotopic (exact) mass is 370 g/mol. The summed E-state index contributed by atoms with van der Waals surface area (Å²) in [4.78, 5) is 11.8. The minimum Gasteiger partial charge on any atom is -0.457 e. The van der Waals surface area contributed by atoms with Crippen molar-refractivity contribution in [3.8, 4) is 0 Å². The zero-order chi connectivity index (χ0) is 20.1. The fourth-order valence-corrected chi connectivity index (χ4v) is 2.69. The lowest BCUT2D eigenvalue weighted by Crippen LogP contribution is -2.32. The van der Waals surface area contributed by atoms with E-state index in [0.717, 1.165) is 24.2 Å². The van der Waals surface area contributed by atoms with Gasteiger partial charge in [0.2, 0.25) is 0 Å². The summed E-state index contributed by atoms with van der Waals surface area (Å²) in [5, 5.41) is 6.72. The first kappa shape index (κ1) is 22.6. The first-order valence-electron chi connectivity index (χ1n) is 9.60. The smallest absolute Gasteiger partial charge is 0.331 e. The van der Waals surface area contributed by atoms with Crippen LogP contribution in [0.1, 0.15) is 52.9 Å². The molecule has 0 aromatic heterocycles. The number of carbonyl (C=O) groups is 1. The van der Waals surface area contributed by atoms with Crippen LogP contribution in [-0.2, 0) is 9.53 Å². The maximum absolute atomic E-state index is 11.8. The molecule has 0 atom stereocenters. The summed E-state index contributed by atoms with van der Waals surface area (Å²) in [6.07, 6.45) is 20.2. The molecule has 0 bridgehead atoms. The highest BCUT2D eigenvalue weighted by molar-refractivity contribution is 5.82. The maximum atomic E-state index is 11.8. The fraction of sp³-hybridized carbons (Fsp3) is 0.435. The highest BCUT2D eigenvalue weighted by atomic mass is 16.6. The van der Waals surface area contributed by atoms with Crippen LogP contribution in [0.4, 0.5) is 0 Å². The van der Waals surface area contributed by atoms with Gasteiger partial charge in [-0.1, -0.05) is 56.7 Å². The van der Waals surface area contributed by atoms with E-state index in [0.29, 0.717) is 6.04 Å². The highest BCUT2D eigenvalue weighted by Crippen LogP contribution is 2.19. The molecule has 1 rings (SSSR count). The minimum absolute atomic E-state index is 0.358. The van der Waals surface area contributed by atoms with Gasteiger partial charge in [-0.05, 0) is 45.8 Å². The second kappa shape index (κ2) is 12.0. The molecule has 0 unspecified atom stereocenters. The van der Waals surface area contributed by atoms with Crippen molar-refractivity contribution in [3.63, 3.8) is 0 Å². The van der Waals surface area contributed by atoms with Gasteiger partial charge < -0.3 is 15.4 Å². The van der Waals surface area contributed by atoms with Crippen LogP contribution in [0.3, 0.4) is 0 Å². The third kappa shape index (κ3) is 11.0. The average Bonchev–Trinajstić information content (AvgIpc) is 2.60. The molecular weight excluding hydrogens is 336 g/mol. The molecule has 4 nitrogen and oxygen atoms in total. The van der Waals surface area contributed by atoms with Crippen molar-refractivity contribution in [3.05, 3.63) is 73.3 Å². The van der Waals surface area contributed by atoms with E-state index < -0.39 is 5.60 Å². The molecule has 0 radical (unpaired) electrons. The second-order valence-corrected chi connectivity index (χ2v) is 7.55. The van der Waals surface area contributed by atoms with E-state index in [-0.39, 0.29) is 5.97 Å². The summed E-state index contributed by atoms with van der Waals surface area (Å²) in [5.41, 5.74) is 1.13. The Hall–Kier alpha value is -2.49. The minimum atomic E-state index is -0.497.